The smallest absolute Gasteiger partial charge is 0.227 e. The maximum absolute atomic E-state index is 11.7. The van der Waals surface area contributed by atoms with Crippen LogP contribution in [0.25, 0.3) is 0 Å². The van der Waals surface area contributed by atoms with Gasteiger partial charge in [-0.05, 0) is 19.8 Å². The van der Waals surface area contributed by atoms with Crippen molar-refractivity contribution in [3.05, 3.63) is 11.7 Å². The number of nitrogens with one attached hydrogen (secondary N) is 1. The predicted octanol–water partition coefficient (Wildman–Crippen LogP) is 1.40. The summed E-state index contributed by atoms with van der Waals surface area (Å²) < 4.78 is 5.07. The van der Waals surface area contributed by atoms with Gasteiger partial charge in [0, 0.05) is 31.4 Å². The second-order valence-electron chi connectivity index (χ2n) is 5.04. The Morgan fingerprint density at radius 3 is 2.74 bits per heavy atom. The summed E-state index contributed by atoms with van der Waals surface area (Å²) in [5, 5.41) is 15.4. The maximum atomic E-state index is 11.7. The van der Waals surface area contributed by atoms with Crippen molar-refractivity contribution < 1.29 is 14.4 Å². The maximum Gasteiger partial charge on any atom is 0.227 e. The van der Waals surface area contributed by atoms with Gasteiger partial charge in [-0.3, -0.25) is 4.79 Å². The Morgan fingerprint density at radius 1 is 1.42 bits per heavy atom. The van der Waals surface area contributed by atoms with E-state index in [1.54, 1.807) is 0 Å². The van der Waals surface area contributed by atoms with Crippen molar-refractivity contribution in [1.29, 1.82) is 0 Å². The van der Waals surface area contributed by atoms with Crippen molar-refractivity contribution in [2.45, 2.75) is 58.4 Å². The Labute approximate surface area is 113 Å². The predicted molar refractivity (Wildman–Crippen MR) is 70.6 cm³/mol. The van der Waals surface area contributed by atoms with E-state index in [1.165, 1.54) is 0 Å². The summed E-state index contributed by atoms with van der Waals surface area (Å²) in [5.74, 6) is 1.37. The normalized spacial score (nSPS) is 12.7. The number of nitrogens with zero attached hydrogens (tertiary/aromatic N) is 2. The van der Waals surface area contributed by atoms with Gasteiger partial charge in [-0.1, -0.05) is 19.0 Å². The molecule has 6 heteroatoms. The molecule has 0 bridgehead atoms. The molecule has 0 aliphatic rings. The van der Waals surface area contributed by atoms with Crippen molar-refractivity contribution in [2.75, 3.05) is 6.61 Å². The molecular weight excluding hydrogens is 246 g/mol. The van der Waals surface area contributed by atoms with E-state index in [1.807, 2.05) is 20.8 Å². The molecule has 19 heavy (non-hydrogen) atoms. The van der Waals surface area contributed by atoms with Crippen molar-refractivity contribution in [1.82, 2.24) is 15.5 Å². The van der Waals surface area contributed by atoms with Gasteiger partial charge in [-0.15, -0.1) is 0 Å². The third kappa shape index (κ3) is 5.83. The highest BCUT2D eigenvalue weighted by molar-refractivity contribution is 5.76. The Kier molecular flexibility index (Phi) is 6.49. The van der Waals surface area contributed by atoms with Gasteiger partial charge in [-0.2, -0.15) is 4.98 Å². The molecule has 0 aliphatic carbocycles. The summed E-state index contributed by atoms with van der Waals surface area (Å²) in [5.41, 5.74) is 0. The van der Waals surface area contributed by atoms with E-state index in [9.17, 15) is 4.79 Å². The zero-order valence-electron chi connectivity index (χ0n) is 11.8. The zero-order valence-corrected chi connectivity index (χ0v) is 11.8. The molecule has 1 heterocycles. The molecule has 0 fully saturated rings. The number of carbonyl (C=O) groups is 1. The Morgan fingerprint density at radius 2 is 2.16 bits per heavy atom. The highest BCUT2D eigenvalue weighted by Crippen LogP contribution is 2.10. The van der Waals surface area contributed by atoms with Crippen molar-refractivity contribution >= 4 is 5.91 Å². The summed E-state index contributed by atoms with van der Waals surface area (Å²) in [7, 11) is 0. The van der Waals surface area contributed by atoms with Crippen LogP contribution in [0.4, 0.5) is 0 Å². The fraction of sp³-hybridized carbons (Fsp3) is 0.769. The summed E-state index contributed by atoms with van der Waals surface area (Å²) in [4.78, 5) is 15.9. The molecule has 1 amide bonds. The number of hydrogen-bond donors (Lipinski definition) is 2. The second kappa shape index (κ2) is 7.89. The molecule has 0 saturated carbocycles. The van der Waals surface area contributed by atoms with Crippen LogP contribution in [0.15, 0.2) is 4.52 Å². The van der Waals surface area contributed by atoms with Crippen LogP contribution in [0.3, 0.4) is 0 Å². The van der Waals surface area contributed by atoms with Gasteiger partial charge < -0.3 is 14.9 Å². The molecule has 0 aliphatic heterocycles. The number of hydrogen-bond acceptors (Lipinski definition) is 5. The number of aliphatic hydroxyl groups is 1. The van der Waals surface area contributed by atoms with Crippen LogP contribution in [0.5, 0.6) is 0 Å². The Hall–Kier alpha value is -1.43. The van der Waals surface area contributed by atoms with Crippen LogP contribution in [-0.2, 0) is 11.2 Å². The molecule has 1 aromatic rings. The third-order valence-electron chi connectivity index (χ3n) is 2.77. The number of aliphatic hydroxyl groups excluding tert-OH is 1. The lowest BCUT2D eigenvalue weighted by Crippen LogP contribution is -2.32. The fourth-order valence-electron chi connectivity index (χ4n) is 1.64. The second-order valence-corrected chi connectivity index (χ2v) is 5.04. The van der Waals surface area contributed by atoms with Crippen LogP contribution in [0, 0.1) is 0 Å². The average molecular weight is 269 g/mol. The Bertz CT molecular complexity index is 390. The minimum atomic E-state index is -0.0327. The lowest BCUT2D eigenvalue weighted by Gasteiger charge is -2.12. The molecule has 0 spiro atoms. The number of amides is 1. The monoisotopic (exact) mass is 269 g/mol. The van der Waals surface area contributed by atoms with Crippen molar-refractivity contribution in [3.8, 4) is 0 Å². The lowest BCUT2D eigenvalue weighted by molar-refractivity contribution is -0.121. The molecule has 1 atom stereocenters. The van der Waals surface area contributed by atoms with Gasteiger partial charge in [0.05, 0.1) is 0 Å². The van der Waals surface area contributed by atoms with Gasteiger partial charge in [0.1, 0.15) is 0 Å². The highest BCUT2D eigenvalue weighted by atomic mass is 16.5. The molecule has 1 unspecified atom stereocenters. The van der Waals surface area contributed by atoms with Gasteiger partial charge in [0.2, 0.25) is 11.8 Å². The number of rotatable bonds is 8. The summed E-state index contributed by atoms with van der Waals surface area (Å²) in [6, 6.07) is 0.0774. The van der Waals surface area contributed by atoms with E-state index in [4.69, 9.17) is 9.63 Å². The SMILES string of the molecule is CC(CCCO)NC(=O)CCc1nc(C(C)C)no1. The third-order valence-corrected chi connectivity index (χ3v) is 2.77. The highest BCUT2D eigenvalue weighted by Gasteiger charge is 2.12. The molecular formula is C13H23N3O3. The fourth-order valence-corrected chi connectivity index (χ4v) is 1.64. The van der Waals surface area contributed by atoms with E-state index in [-0.39, 0.29) is 24.5 Å². The van der Waals surface area contributed by atoms with E-state index < -0.39 is 0 Å². The quantitative estimate of drug-likeness (QED) is 0.744. The molecule has 1 aromatic heterocycles. The molecule has 1 rings (SSSR count). The van der Waals surface area contributed by atoms with Crippen LogP contribution in [0.1, 0.15) is 57.7 Å². The number of carbonyl (C=O) groups excluding carboxylic acids is 1. The average Bonchev–Trinajstić information content (AvgIpc) is 2.83. The van der Waals surface area contributed by atoms with E-state index >= 15 is 0 Å². The summed E-state index contributed by atoms with van der Waals surface area (Å²) >= 11 is 0. The van der Waals surface area contributed by atoms with Gasteiger partial charge in [0.25, 0.3) is 0 Å². The van der Waals surface area contributed by atoms with Gasteiger partial charge in [0.15, 0.2) is 5.82 Å². The van der Waals surface area contributed by atoms with E-state index in [0.717, 1.165) is 6.42 Å². The van der Waals surface area contributed by atoms with Crippen molar-refractivity contribution in [2.24, 2.45) is 0 Å². The standard InChI is InChI=1S/C13H23N3O3/c1-9(2)13-15-12(19-16-13)7-6-11(18)14-10(3)5-4-8-17/h9-10,17H,4-8H2,1-3H3,(H,14,18). The van der Waals surface area contributed by atoms with E-state index in [0.29, 0.717) is 31.0 Å². The Balaban J connectivity index is 2.29. The van der Waals surface area contributed by atoms with Crippen LogP contribution >= 0.6 is 0 Å². The number of aryl methyl sites for hydroxylation is 1. The summed E-state index contributed by atoms with van der Waals surface area (Å²) in [6.45, 7) is 6.06. The molecule has 6 nitrogen and oxygen atoms in total. The number of aromatic nitrogens is 2. The van der Waals surface area contributed by atoms with Crippen LogP contribution < -0.4 is 5.32 Å². The molecule has 108 valence electrons. The first-order valence-corrected chi connectivity index (χ1v) is 6.75. The minimum Gasteiger partial charge on any atom is -0.396 e. The first kappa shape index (κ1) is 15.6. The van der Waals surface area contributed by atoms with Crippen molar-refractivity contribution in [3.63, 3.8) is 0 Å². The minimum absolute atomic E-state index is 0.0327. The van der Waals surface area contributed by atoms with Gasteiger partial charge >= 0.3 is 0 Å². The first-order valence-electron chi connectivity index (χ1n) is 6.75. The van der Waals surface area contributed by atoms with E-state index in [2.05, 4.69) is 15.5 Å². The lowest BCUT2D eigenvalue weighted by atomic mass is 10.2. The topological polar surface area (TPSA) is 88.2 Å². The molecule has 2 N–H and O–H groups in total. The molecule has 0 radical (unpaired) electrons. The zero-order chi connectivity index (χ0) is 14.3. The molecule has 0 aromatic carbocycles. The van der Waals surface area contributed by atoms with Crippen LogP contribution in [0.2, 0.25) is 0 Å². The first-order chi connectivity index (χ1) is 9.02. The largest absolute Gasteiger partial charge is 0.396 e. The summed E-state index contributed by atoms with van der Waals surface area (Å²) in [6.07, 6.45) is 2.27. The van der Waals surface area contributed by atoms with Gasteiger partial charge in [-0.25, -0.2) is 0 Å². The molecule has 0 saturated heterocycles. The van der Waals surface area contributed by atoms with Crippen LogP contribution in [-0.4, -0.2) is 33.8 Å².